The van der Waals surface area contributed by atoms with Crippen LogP contribution in [0.4, 0.5) is 0 Å². The minimum Gasteiger partial charge on any atom is -0.480 e. The number of rotatable bonds is 3. The lowest BCUT2D eigenvalue weighted by atomic mass is 10.0. The largest absolute Gasteiger partial charge is 0.480 e. The SMILES string of the molecule is Cc1ccc(-c2cncc(C(=O)N3CCC[C@H]3C(=O)O)c2)cc1. The average molecular weight is 310 g/mol. The Morgan fingerprint density at radius 1 is 1.17 bits per heavy atom. The van der Waals surface area contributed by atoms with E-state index in [9.17, 15) is 14.7 Å². The van der Waals surface area contributed by atoms with Gasteiger partial charge < -0.3 is 10.0 Å². The van der Waals surface area contributed by atoms with E-state index in [1.54, 1.807) is 12.3 Å². The lowest BCUT2D eigenvalue weighted by Gasteiger charge is -2.21. The molecule has 0 unspecified atom stereocenters. The number of carbonyl (C=O) groups is 2. The molecule has 0 spiro atoms. The highest BCUT2D eigenvalue weighted by atomic mass is 16.4. The molecular weight excluding hydrogens is 292 g/mol. The molecule has 1 atom stereocenters. The second kappa shape index (κ2) is 6.20. The Labute approximate surface area is 134 Å². The van der Waals surface area contributed by atoms with Gasteiger partial charge in [-0.3, -0.25) is 9.78 Å². The van der Waals surface area contributed by atoms with Gasteiger partial charge in [-0.15, -0.1) is 0 Å². The van der Waals surface area contributed by atoms with Crippen LogP contribution in [0, 0.1) is 6.92 Å². The molecule has 23 heavy (non-hydrogen) atoms. The molecule has 2 aromatic rings. The number of benzene rings is 1. The van der Waals surface area contributed by atoms with Crippen LogP contribution in [-0.4, -0.2) is 39.5 Å². The van der Waals surface area contributed by atoms with Crippen LogP contribution < -0.4 is 0 Å². The third-order valence-electron chi connectivity index (χ3n) is 4.17. The third kappa shape index (κ3) is 3.08. The molecule has 1 aliphatic rings. The van der Waals surface area contributed by atoms with Crippen molar-refractivity contribution in [2.24, 2.45) is 0 Å². The van der Waals surface area contributed by atoms with Crippen LogP contribution in [0.2, 0.25) is 0 Å². The summed E-state index contributed by atoms with van der Waals surface area (Å²) in [4.78, 5) is 29.5. The Bertz CT molecular complexity index is 740. The molecular formula is C18H18N2O3. The molecule has 2 heterocycles. The number of likely N-dealkylation sites (tertiary alicyclic amines) is 1. The smallest absolute Gasteiger partial charge is 0.326 e. The summed E-state index contributed by atoms with van der Waals surface area (Å²) in [5.41, 5.74) is 3.42. The van der Waals surface area contributed by atoms with Gasteiger partial charge in [-0.05, 0) is 31.4 Å². The summed E-state index contributed by atoms with van der Waals surface area (Å²) in [6.45, 7) is 2.49. The Hall–Kier alpha value is -2.69. The summed E-state index contributed by atoms with van der Waals surface area (Å²) in [6, 6.07) is 9.02. The Balaban J connectivity index is 1.89. The number of amides is 1. The number of aliphatic carboxylic acids is 1. The Kier molecular flexibility index (Phi) is 4.10. The zero-order chi connectivity index (χ0) is 16.4. The minimum atomic E-state index is -0.946. The highest BCUT2D eigenvalue weighted by Crippen LogP contribution is 2.23. The summed E-state index contributed by atoms with van der Waals surface area (Å²) in [6.07, 6.45) is 4.43. The fourth-order valence-electron chi connectivity index (χ4n) is 2.89. The minimum absolute atomic E-state index is 0.267. The normalized spacial score (nSPS) is 17.3. The van der Waals surface area contributed by atoms with E-state index in [2.05, 4.69) is 4.98 Å². The first-order valence-electron chi connectivity index (χ1n) is 7.62. The number of carboxylic acid groups (broad SMARTS) is 1. The van der Waals surface area contributed by atoms with Crippen LogP contribution in [-0.2, 0) is 4.79 Å². The molecule has 3 rings (SSSR count). The van der Waals surface area contributed by atoms with Gasteiger partial charge in [-0.2, -0.15) is 0 Å². The maximum Gasteiger partial charge on any atom is 0.326 e. The summed E-state index contributed by atoms with van der Waals surface area (Å²) >= 11 is 0. The molecule has 5 heteroatoms. The van der Waals surface area contributed by atoms with E-state index in [0.29, 0.717) is 24.9 Å². The van der Waals surface area contributed by atoms with E-state index in [1.165, 1.54) is 11.1 Å². The molecule has 0 radical (unpaired) electrons. The number of hydrogen-bond donors (Lipinski definition) is 1. The van der Waals surface area contributed by atoms with Gasteiger partial charge in [-0.25, -0.2) is 4.79 Å². The molecule has 1 amide bonds. The number of aryl methyl sites for hydroxylation is 1. The maximum atomic E-state index is 12.6. The number of nitrogens with zero attached hydrogens (tertiary/aromatic N) is 2. The van der Waals surface area contributed by atoms with Crippen molar-refractivity contribution in [1.82, 2.24) is 9.88 Å². The predicted molar refractivity (Wildman–Crippen MR) is 86.1 cm³/mol. The van der Waals surface area contributed by atoms with Crippen LogP contribution in [0.1, 0.15) is 28.8 Å². The number of hydrogen-bond acceptors (Lipinski definition) is 3. The molecule has 1 aromatic carbocycles. The van der Waals surface area contributed by atoms with E-state index in [-0.39, 0.29) is 5.91 Å². The first kappa shape index (κ1) is 15.2. The predicted octanol–water partition coefficient (Wildman–Crippen LogP) is 2.75. The molecule has 1 saturated heterocycles. The Morgan fingerprint density at radius 3 is 2.61 bits per heavy atom. The molecule has 5 nitrogen and oxygen atoms in total. The third-order valence-corrected chi connectivity index (χ3v) is 4.17. The van der Waals surface area contributed by atoms with Gasteiger partial charge in [-0.1, -0.05) is 29.8 Å². The Morgan fingerprint density at radius 2 is 1.91 bits per heavy atom. The topological polar surface area (TPSA) is 70.5 Å². The van der Waals surface area contributed by atoms with Crippen LogP contribution in [0.5, 0.6) is 0 Å². The molecule has 1 aromatic heterocycles. The molecule has 0 bridgehead atoms. The van der Waals surface area contributed by atoms with E-state index in [1.807, 2.05) is 31.2 Å². The number of carbonyl (C=O) groups excluding carboxylic acids is 1. The van der Waals surface area contributed by atoms with Crippen molar-refractivity contribution >= 4 is 11.9 Å². The number of carboxylic acids is 1. The number of pyridine rings is 1. The molecule has 1 aliphatic heterocycles. The summed E-state index contributed by atoms with van der Waals surface area (Å²) < 4.78 is 0. The van der Waals surface area contributed by atoms with Crippen molar-refractivity contribution in [1.29, 1.82) is 0 Å². The van der Waals surface area contributed by atoms with Crippen LogP contribution >= 0.6 is 0 Å². The average Bonchev–Trinajstić information content (AvgIpc) is 3.05. The van der Waals surface area contributed by atoms with Gasteiger partial charge in [0.1, 0.15) is 6.04 Å². The highest BCUT2D eigenvalue weighted by molar-refractivity contribution is 5.97. The highest BCUT2D eigenvalue weighted by Gasteiger charge is 2.34. The first-order chi connectivity index (χ1) is 11.1. The van der Waals surface area contributed by atoms with Crippen molar-refractivity contribution in [3.63, 3.8) is 0 Å². The lowest BCUT2D eigenvalue weighted by molar-refractivity contribution is -0.141. The van der Waals surface area contributed by atoms with Crippen molar-refractivity contribution in [3.8, 4) is 11.1 Å². The van der Waals surface area contributed by atoms with Gasteiger partial charge in [0.25, 0.3) is 5.91 Å². The summed E-state index contributed by atoms with van der Waals surface area (Å²) in [5.74, 6) is -1.21. The van der Waals surface area contributed by atoms with Crippen LogP contribution in [0.25, 0.3) is 11.1 Å². The van der Waals surface area contributed by atoms with Crippen LogP contribution in [0.3, 0.4) is 0 Å². The second-order valence-corrected chi connectivity index (χ2v) is 5.82. The lowest BCUT2D eigenvalue weighted by Crippen LogP contribution is -2.40. The van der Waals surface area contributed by atoms with Gasteiger partial charge in [0.2, 0.25) is 0 Å². The first-order valence-corrected chi connectivity index (χ1v) is 7.62. The fourth-order valence-corrected chi connectivity index (χ4v) is 2.89. The monoisotopic (exact) mass is 310 g/mol. The molecule has 118 valence electrons. The van der Waals surface area contributed by atoms with Crippen molar-refractivity contribution in [3.05, 3.63) is 53.9 Å². The van der Waals surface area contributed by atoms with Gasteiger partial charge in [0.05, 0.1) is 5.56 Å². The van der Waals surface area contributed by atoms with Crippen molar-refractivity contribution < 1.29 is 14.7 Å². The quantitative estimate of drug-likeness (QED) is 0.946. The zero-order valence-corrected chi connectivity index (χ0v) is 12.9. The van der Waals surface area contributed by atoms with Gasteiger partial charge in [0, 0.05) is 24.5 Å². The number of aromatic nitrogens is 1. The van der Waals surface area contributed by atoms with Crippen molar-refractivity contribution in [2.75, 3.05) is 6.54 Å². The fraction of sp³-hybridized carbons (Fsp3) is 0.278. The zero-order valence-electron chi connectivity index (χ0n) is 12.9. The second-order valence-electron chi connectivity index (χ2n) is 5.82. The molecule has 0 aliphatic carbocycles. The van der Waals surface area contributed by atoms with Gasteiger partial charge in [0.15, 0.2) is 0 Å². The van der Waals surface area contributed by atoms with E-state index < -0.39 is 12.0 Å². The standard InChI is InChI=1S/C18H18N2O3/c1-12-4-6-13(7-5-12)14-9-15(11-19-10-14)17(21)20-8-2-3-16(20)18(22)23/h4-7,9-11,16H,2-3,8H2,1H3,(H,22,23)/t16-/m0/s1. The molecule has 1 fully saturated rings. The van der Waals surface area contributed by atoms with Crippen molar-refractivity contribution in [2.45, 2.75) is 25.8 Å². The van der Waals surface area contributed by atoms with E-state index in [4.69, 9.17) is 0 Å². The van der Waals surface area contributed by atoms with Crippen LogP contribution in [0.15, 0.2) is 42.7 Å². The molecule has 1 N–H and O–H groups in total. The van der Waals surface area contributed by atoms with Gasteiger partial charge >= 0.3 is 5.97 Å². The summed E-state index contributed by atoms with van der Waals surface area (Å²) in [7, 11) is 0. The summed E-state index contributed by atoms with van der Waals surface area (Å²) in [5, 5.41) is 9.23. The molecule has 0 saturated carbocycles. The van der Waals surface area contributed by atoms with E-state index >= 15 is 0 Å². The maximum absolute atomic E-state index is 12.6. The van der Waals surface area contributed by atoms with E-state index in [0.717, 1.165) is 16.7 Å².